The number of unbranched alkanes of at least 4 members (excludes halogenated alkanes) is 9. The fourth-order valence-corrected chi connectivity index (χ4v) is 5.39. The highest BCUT2D eigenvalue weighted by molar-refractivity contribution is 5.37. The Labute approximate surface area is 207 Å². The van der Waals surface area contributed by atoms with Crippen LogP contribution >= 0.6 is 0 Å². The molecule has 3 nitrogen and oxygen atoms in total. The number of aryl methyl sites for hydroxylation is 1. The minimum Gasteiger partial charge on any atom is -0.494 e. The molecular weight excluding hydrogens is 418 g/mol. The second-order valence-corrected chi connectivity index (χ2v) is 10.3. The molecule has 2 aliphatic rings. The van der Waals surface area contributed by atoms with E-state index in [9.17, 15) is 0 Å². The summed E-state index contributed by atoms with van der Waals surface area (Å²) < 4.78 is 12.2. The summed E-state index contributed by atoms with van der Waals surface area (Å²) in [6.07, 6.45) is 18.8. The smallest absolute Gasteiger partial charge is 0.124 e. The van der Waals surface area contributed by atoms with Crippen molar-refractivity contribution in [3.8, 4) is 11.5 Å². The van der Waals surface area contributed by atoms with Crippen molar-refractivity contribution in [3.05, 3.63) is 59.7 Å². The fraction of sp³-hybridized carbons (Fsp3) is 0.613. The molecule has 2 aliphatic heterocycles. The van der Waals surface area contributed by atoms with E-state index in [1.165, 1.54) is 101 Å². The first-order chi connectivity index (χ1) is 16.9. The minimum atomic E-state index is 0.152. The third-order valence-electron chi connectivity index (χ3n) is 7.51. The van der Waals surface area contributed by atoms with Gasteiger partial charge in [0, 0.05) is 0 Å². The first-order valence-electron chi connectivity index (χ1n) is 14.1. The van der Waals surface area contributed by atoms with E-state index in [0.29, 0.717) is 0 Å². The van der Waals surface area contributed by atoms with Gasteiger partial charge in [-0.2, -0.15) is 0 Å². The van der Waals surface area contributed by atoms with Crippen molar-refractivity contribution in [1.29, 1.82) is 0 Å². The Hall–Kier alpha value is -2.00. The van der Waals surface area contributed by atoms with Crippen molar-refractivity contribution in [1.82, 2.24) is 4.90 Å². The number of hydrogen-bond acceptors (Lipinski definition) is 3. The standard InChI is InChI=1S/C31H45NO2/c1(3-5-7-11-23-32-24-12-13-25-32)2-4-6-8-14-26-33-29-20-17-28(18-21-29)31-22-19-27-15-9-10-16-30(27)34-31/h9-10,15-18,20-21,31H,1-8,11-14,19,22-26H2. The minimum absolute atomic E-state index is 0.152. The van der Waals surface area contributed by atoms with E-state index in [-0.39, 0.29) is 6.10 Å². The molecule has 0 bridgehead atoms. The maximum atomic E-state index is 6.21. The lowest BCUT2D eigenvalue weighted by Crippen LogP contribution is -2.20. The van der Waals surface area contributed by atoms with Crippen LogP contribution in [0.1, 0.15) is 101 Å². The van der Waals surface area contributed by atoms with Crippen LogP contribution in [0.2, 0.25) is 0 Å². The van der Waals surface area contributed by atoms with Gasteiger partial charge in [-0.3, -0.25) is 0 Å². The molecule has 0 aliphatic carbocycles. The third-order valence-corrected chi connectivity index (χ3v) is 7.51. The summed E-state index contributed by atoms with van der Waals surface area (Å²) in [5.41, 5.74) is 2.57. The normalized spacial score (nSPS) is 17.9. The summed E-state index contributed by atoms with van der Waals surface area (Å²) in [4.78, 5) is 2.64. The predicted molar refractivity (Wildman–Crippen MR) is 142 cm³/mol. The second-order valence-electron chi connectivity index (χ2n) is 10.3. The average molecular weight is 464 g/mol. The van der Waals surface area contributed by atoms with Crippen LogP contribution in [0.4, 0.5) is 0 Å². The first-order valence-corrected chi connectivity index (χ1v) is 14.1. The van der Waals surface area contributed by atoms with Crippen molar-refractivity contribution in [2.75, 3.05) is 26.2 Å². The van der Waals surface area contributed by atoms with Crippen LogP contribution in [0.5, 0.6) is 11.5 Å². The Bertz CT molecular complexity index is 812. The molecule has 0 spiro atoms. The summed E-state index contributed by atoms with van der Waals surface area (Å²) in [6.45, 7) is 4.87. The topological polar surface area (TPSA) is 21.7 Å². The second kappa shape index (κ2) is 14.4. The van der Waals surface area contributed by atoms with Crippen LogP contribution in [0, 0.1) is 0 Å². The Morgan fingerprint density at radius 3 is 2.12 bits per heavy atom. The Kier molecular flexibility index (Phi) is 10.6. The molecule has 0 amide bonds. The van der Waals surface area contributed by atoms with Gasteiger partial charge in [-0.15, -0.1) is 0 Å². The Morgan fingerprint density at radius 2 is 1.38 bits per heavy atom. The molecule has 0 saturated carbocycles. The van der Waals surface area contributed by atoms with Crippen LogP contribution in [0.15, 0.2) is 48.5 Å². The molecular formula is C31H45NO2. The van der Waals surface area contributed by atoms with Gasteiger partial charge in [-0.05, 0) is 87.5 Å². The third kappa shape index (κ3) is 8.34. The van der Waals surface area contributed by atoms with E-state index in [1.54, 1.807) is 0 Å². The van der Waals surface area contributed by atoms with Crippen molar-refractivity contribution in [3.63, 3.8) is 0 Å². The van der Waals surface area contributed by atoms with Gasteiger partial charge in [0.15, 0.2) is 0 Å². The van der Waals surface area contributed by atoms with Crippen molar-refractivity contribution >= 4 is 0 Å². The van der Waals surface area contributed by atoms with Crippen LogP contribution in [0.3, 0.4) is 0 Å². The van der Waals surface area contributed by atoms with Crippen LogP contribution in [0.25, 0.3) is 0 Å². The van der Waals surface area contributed by atoms with Gasteiger partial charge in [0.2, 0.25) is 0 Å². The zero-order valence-corrected chi connectivity index (χ0v) is 21.2. The number of fused-ring (bicyclic) bond motifs is 1. The molecule has 2 heterocycles. The summed E-state index contributed by atoms with van der Waals surface area (Å²) in [5.74, 6) is 2.01. The maximum absolute atomic E-state index is 6.21. The zero-order valence-electron chi connectivity index (χ0n) is 21.2. The monoisotopic (exact) mass is 463 g/mol. The molecule has 3 heteroatoms. The zero-order chi connectivity index (χ0) is 23.3. The highest BCUT2D eigenvalue weighted by Gasteiger charge is 2.20. The molecule has 1 saturated heterocycles. The molecule has 0 N–H and O–H groups in total. The van der Waals surface area contributed by atoms with Crippen molar-refractivity contribution < 1.29 is 9.47 Å². The Balaban J connectivity index is 0.976. The molecule has 2 aromatic rings. The number of benzene rings is 2. The van der Waals surface area contributed by atoms with Gasteiger partial charge in [-0.25, -0.2) is 0 Å². The molecule has 34 heavy (non-hydrogen) atoms. The Morgan fingerprint density at radius 1 is 0.735 bits per heavy atom. The summed E-state index contributed by atoms with van der Waals surface area (Å²) in [7, 11) is 0. The quantitative estimate of drug-likeness (QED) is 0.249. The number of para-hydroxylation sites is 1. The summed E-state index contributed by atoms with van der Waals surface area (Å²) in [6, 6.07) is 16.9. The molecule has 0 radical (unpaired) electrons. The molecule has 1 atom stereocenters. The average Bonchev–Trinajstić information content (AvgIpc) is 3.40. The highest BCUT2D eigenvalue weighted by Crippen LogP contribution is 2.35. The largest absolute Gasteiger partial charge is 0.494 e. The fourth-order valence-electron chi connectivity index (χ4n) is 5.39. The van der Waals surface area contributed by atoms with E-state index in [1.807, 2.05) is 0 Å². The van der Waals surface area contributed by atoms with Crippen LogP contribution < -0.4 is 9.47 Å². The highest BCUT2D eigenvalue weighted by atomic mass is 16.5. The molecule has 2 aromatic carbocycles. The maximum Gasteiger partial charge on any atom is 0.124 e. The van der Waals surface area contributed by atoms with E-state index in [2.05, 4.69) is 53.4 Å². The summed E-state index contributed by atoms with van der Waals surface area (Å²) in [5, 5.41) is 0. The SMILES string of the molecule is c1ccc2c(c1)CCC(c1ccc(OCCCCCCCCCCCCN3CCCC3)cc1)O2. The summed E-state index contributed by atoms with van der Waals surface area (Å²) >= 11 is 0. The number of hydrogen-bond donors (Lipinski definition) is 0. The number of ether oxygens (including phenoxy) is 2. The van der Waals surface area contributed by atoms with E-state index in [0.717, 1.165) is 37.4 Å². The van der Waals surface area contributed by atoms with Gasteiger partial charge in [0.25, 0.3) is 0 Å². The van der Waals surface area contributed by atoms with E-state index >= 15 is 0 Å². The van der Waals surface area contributed by atoms with Crippen molar-refractivity contribution in [2.24, 2.45) is 0 Å². The number of likely N-dealkylation sites (tertiary alicyclic amines) is 1. The lowest BCUT2D eigenvalue weighted by molar-refractivity contribution is 0.176. The number of rotatable bonds is 15. The van der Waals surface area contributed by atoms with Gasteiger partial charge >= 0.3 is 0 Å². The lowest BCUT2D eigenvalue weighted by atomic mass is 9.97. The molecule has 1 unspecified atom stereocenters. The lowest BCUT2D eigenvalue weighted by Gasteiger charge is -2.26. The molecule has 186 valence electrons. The van der Waals surface area contributed by atoms with Gasteiger partial charge < -0.3 is 14.4 Å². The van der Waals surface area contributed by atoms with E-state index < -0.39 is 0 Å². The van der Waals surface area contributed by atoms with Crippen molar-refractivity contribution in [2.45, 2.75) is 96.0 Å². The molecule has 1 fully saturated rings. The van der Waals surface area contributed by atoms with Gasteiger partial charge in [-0.1, -0.05) is 81.7 Å². The van der Waals surface area contributed by atoms with Gasteiger partial charge in [0.05, 0.1) is 6.61 Å². The van der Waals surface area contributed by atoms with Gasteiger partial charge in [0.1, 0.15) is 17.6 Å². The predicted octanol–water partition coefficient (Wildman–Crippen LogP) is 8.13. The number of nitrogens with zero attached hydrogens (tertiary/aromatic N) is 1. The van der Waals surface area contributed by atoms with Crippen LogP contribution in [-0.4, -0.2) is 31.1 Å². The first kappa shape index (κ1) is 25.1. The molecule has 0 aromatic heterocycles. The molecule has 4 rings (SSSR count). The van der Waals surface area contributed by atoms with Crippen LogP contribution in [-0.2, 0) is 6.42 Å². The van der Waals surface area contributed by atoms with E-state index in [4.69, 9.17) is 9.47 Å².